The molecule has 0 aliphatic rings. The van der Waals surface area contributed by atoms with Gasteiger partial charge in [-0.15, -0.1) is 0 Å². The van der Waals surface area contributed by atoms with Gasteiger partial charge in [-0.3, -0.25) is 9.78 Å². The molecule has 6 heteroatoms. The van der Waals surface area contributed by atoms with E-state index in [1.807, 2.05) is 49.4 Å². The van der Waals surface area contributed by atoms with Crippen LogP contribution in [0.4, 0.5) is 0 Å². The highest BCUT2D eigenvalue weighted by atomic mass is 35.5. The van der Waals surface area contributed by atoms with Gasteiger partial charge in [-0.1, -0.05) is 28.9 Å². The van der Waals surface area contributed by atoms with Crippen molar-refractivity contribution in [1.29, 1.82) is 0 Å². The highest BCUT2D eigenvalue weighted by Gasteiger charge is 2.21. The van der Waals surface area contributed by atoms with Crippen molar-refractivity contribution < 1.29 is 9.32 Å². The quantitative estimate of drug-likeness (QED) is 0.689. The summed E-state index contributed by atoms with van der Waals surface area (Å²) in [6.45, 7) is 2.35. The molecule has 0 radical (unpaired) electrons. The zero-order chi connectivity index (χ0) is 18.4. The van der Waals surface area contributed by atoms with Gasteiger partial charge >= 0.3 is 0 Å². The minimum atomic E-state index is -0.297. The van der Waals surface area contributed by atoms with Crippen LogP contribution in [0.15, 0.2) is 59.4 Å². The third-order valence-corrected chi connectivity index (χ3v) is 4.39. The smallest absolute Gasteiger partial charge is 0.227 e. The largest absolute Gasteiger partial charge is 0.361 e. The molecule has 3 rings (SSSR count). The van der Waals surface area contributed by atoms with Crippen molar-refractivity contribution in [3.8, 4) is 0 Å². The first-order valence-corrected chi connectivity index (χ1v) is 8.84. The fourth-order valence-electron chi connectivity index (χ4n) is 2.78. The fraction of sp³-hybridized carbons (Fsp3) is 0.250. The van der Waals surface area contributed by atoms with Gasteiger partial charge in [-0.05, 0) is 48.7 Å². The van der Waals surface area contributed by atoms with Crippen LogP contribution in [0, 0.1) is 6.92 Å². The first-order valence-electron chi connectivity index (χ1n) is 8.46. The summed E-state index contributed by atoms with van der Waals surface area (Å²) in [6.07, 6.45) is 4.70. The summed E-state index contributed by atoms with van der Waals surface area (Å²) >= 11 is 5.98. The molecule has 1 amide bonds. The van der Waals surface area contributed by atoms with Crippen molar-refractivity contribution in [2.75, 3.05) is 6.54 Å². The highest BCUT2D eigenvalue weighted by molar-refractivity contribution is 6.30. The van der Waals surface area contributed by atoms with E-state index in [1.165, 1.54) is 0 Å². The first-order chi connectivity index (χ1) is 12.6. The number of carbonyl (C=O) groups excluding carboxylic acids is 1. The Kier molecular flexibility index (Phi) is 6.02. The van der Waals surface area contributed by atoms with Gasteiger partial charge in [0, 0.05) is 36.4 Å². The molecular weight excluding hydrogens is 350 g/mol. The van der Waals surface area contributed by atoms with Gasteiger partial charge in [0.2, 0.25) is 5.91 Å². The Hall–Kier alpha value is -2.66. The van der Waals surface area contributed by atoms with E-state index in [0.717, 1.165) is 22.6 Å². The Labute approximate surface area is 157 Å². The van der Waals surface area contributed by atoms with Crippen LogP contribution < -0.4 is 5.32 Å². The zero-order valence-electron chi connectivity index (χ0n) is 14.5. The van der Waals surface area contributed by atoms with E-state index in [0.29, 0.717) is 24.4 Å². The van der Waals surface area contributed by atoms with E-state index < -0.39 is 0 Å². The van der Waals surface area contributed by atoms with E-state index in [2.05, 4.69) is 15.5 Å². The molecule has 2 heterocycles. The number of halogens is 1. The third-order valence-electron chi connectivity index (χ3n) is 4.14. The molecule has 0 aliphatic carbocycles. The lowest BCUT2D eigenvalue weighted by Gasteiger charge is -2.17. The number of nitrogens with one attached hydrogen (secondary N) is 1. The van der Waals surface area contributed by atoms with Crippen LogP contribution in [0.3, 0.4) is 0 Å². The zero-order valence-corrected chi connectivity index (χ0v) is 15.2. The fourth-order valence-corrected chi connectivity index (χ4v) is 2.91. The predicted molar refractivity (Wildman–Crippen MR) is 100 cm³/mol. The normalized spacial score (nSPS) is 11.9. The molecule has 0 saturated heterocycles. The summed E-state index contributed by atoms with van der Waals surface area (Å²) in [6, 6.07) is 13.1. The molecule has 0 aliphatic heterocycles. The van der Waals surface area contributed by atoms with Crippen molar-refractivity contribution in [2.24, 2.45) is 0 Å². The summed E-state index contributed by atoms with van der Waals surface area (Å²) in [4.78, 5) is 16.9. The number of aromatic nitrogens is 2. The lowest BCUT2D eigenvalue weighted by molar-refractivity contribution is -0.122. The highest BCUT2D eigenvalue weighted by Crippen LogP contribution is 2.23. The summed E-state index contributed by atoms with van der Waals surface area (Å²) in [5.74, 6) is 0.445. The van der Waals surface area contributed by atoms with E-state index in [-0.39, 0.29) is 11.8 Å². The van der Waals surface area contributed by atoms with Crippen LogP contribution in [0.2, 0.25) is 5.02 Å². The van der Waals surface area contributed by atoms with E-state index in [4.69, 9.17) is 16.1 Å². The van der Waals surface area contributed by atoms with Crippen LogP contribution in [0.5, 0.6) is 0 Å². The average Bonchev–Trinajstić information content (AvgIpc) is 3.06. The van der Waals surface area contributed by atoms with E-state index >= 15 is 0 Å². The maximum absolute atomic E-state index is 12.8. The summed E-state index contributed by atoms with van der Waals surface area (Å²) < 4.78 is 5.05. The van der Waals surface area contributed by atoms with Gasteiger partial charge in [0.25, 0.3) is 0 Å². The number of hydrogen-bond acceptors (Lipinski definition) is 4. The molecule has 1 N–H and O–H groups in total. The lowest BCUT2D eigenvalue weighted by Crippen LogP contribution is -2.32. The molecule has 134 valence electrons. The summed E-state index contributed by atoms with van der Waals surface area (Å²) in [5, 5.41) is 7.60. The minimum Gasteiger partial charge on any atom is -0.361 e. The molecule has 26 heavy (non-hydrogen) atoms. The average molecular weight is 370 g/mol. The second-order valence-electron chi connectivity index (χ2n) is 6.13. The molecule has 0 spiro atoms. The number of aryl methyl sites for hydroxylation is 1. The molecule has 0 fully saturated rings. The molecule has 3 aromatic rings. The lowest BCUT2D eigenvalue weighted by atomic mass is 9.91. The van der Waals surface area contributed by atoms with Crippen LogP contribution in [0.25, 0.3) is 0 Å². The van der Waals surface area contributed by atoms with Gasteiger partial charge in [0.15, 0.2) is 0 Å². The Bertz CT molecular complexity index is 847. The molecule has 1 atom stereocenters. The molecule has 2 aromatic heterocycles. The van der Waals surface area contributed by atoms with Gasteiger partial charge in [-0.2, -0.15) is 0 Å². The molecule has 1 unspecified atom stereocenters. The number of nitrogens with zero attached hydrogens (tertiary/aromatic N) is 2. The SMILES string of the molecule is Cc1cc(CCNC(=O)C(Cc2ccncc2)c2ccc(Cl)cc2)no1. The number of rotatable bonds is 7. The van der Waals surface area contributed by atoms with Crippen molar-refractivity contribution >= 4 is 17.5 Å². The molecule has 5 nitrogen and oxygen atoms in total. The maximum atomic E-state index is 12.8. The van der Waals surface area contributed by atoms with Gasteiger partial charge in [0.1, 0.15) is 5.76 Å². The number of carbonyl (C=O) groups is 1. The number of benzene rings is 1. The molecule has 0 saturated carbocycles. The van der Waals surface area contributed by atoms with Crippen LogP contribution in [0.1, 0.15) is 28.5 Å². The molecule has 1 aromatic carbocycles. The van der Waals surface area contributed by atoms with Gasteiger partial charge in [-0.25, -0.2) is 0 Å². The first kappa shape index (κ1) is 18.1. The van der Waals surface area contributed by atoms with Crippen LogP contribution >= 0.6 is 11.6 Å². The number of pyridine rings is 1. The Morgan fingerprint density at radius 3 is 2.58 bits per heavy atom. The van der Waals surface area contributed by atoms with Crippen molar-refractivity contribution in [1.82, 2.24) is 15.5 Å². The van der Waals surface area contributed by atoms with Crippen LogP contribution in [-0.2, 0) is 17.6 Å². The Morgan fingerprint density at radius 2 is 1.92 bits per heavy atom. The minimum absolute atomic E-state index is 0.0237. The predicted octanol–water partition coefficient (Wildman–Crippen LogP) is 3.72. The maximum Gasteiger partial charge on any atom is 0.227 e. The van der Waals surface area contributed by atoms with E-state index in [1.54, 1.807) is 12.4 Å². The Balaban J connectivity index is 1.69. The van der Waals surface area contributed by atoms with E-state index in [9.17, 15) is 4.79 Å². The van der Waals surface area contributed by atoms with Crippen molar-refractivity contribution in [3.05, 3.63) is 82.5 Å². The Morgan fingerprint density at radius 1 is 1.19 bits per heavy atom. The summed E-state index contributed by atoms with van der Waals surface area (Å²) in [5.41, 5.74) is 2.82. The molecule has 0 bridgehead atoms. The number of amides is 1. The monoisotopic (exact) mass is 369 g/mol. The standard InChI is InChI=1S/C20H20ClN3O2/c1-14-12-18(24-26-14)8-11-23-20(25)19(13-15-6-9-22-10-7-15)16-2-4-17(21)5-3-16/h2-7,9-10,12,19H,8,11,13H2,1H3,(H,23,25). The van der Waals surface area contributed by atoms with Gasteiger partial charge in [0.05, 0.1) is 11.6 Å². The van der Waals surface area contributed by atoms with Gasteiger partial charge < -0.3 is 9.84 Å². The summed E-state index contributed by atoms with van der Waals surface area (Å²) in [7, 11) is 0. The topological polar surface area (TPSA) is 68.0 Å². The van der Waals surface area contributed by atoms with Crippen LogP contribution in [-0.4, -0.2) is 22.6 Å². The molecular formula is C20H20ClN3O2. The second-order valence-corrected chi connectivity index (χ2v) is 6.57. The number of hydrogen-bond donors (Lipinski definition) is 1. The second kappa shape index (κ2) is 8.63. The van der Waals surface area contributed by atoms with Crippen molar-refractivity contribution in [2.45, 2.75) is 25.7 Å². The van der Waals surface area contributed by atoms with Crippen molar-refractivity contribution in [3.63, 3.8) is 0 Å². The third kappa shape index (κ3) is 4.92.